The zero-order valence-electron chi connectivity index (χ0n) is 10.1. The van der Waals surface area contributed by atoms with E-state index in [0.29, 0.717) is 11.5 Å². The molecule has 1 fully saturated rings. The zero-order valence-corrected chi connectivity index (χ0v) is 10.1. The van der Waals surface area contributed by atoms with E-state index in [0.717, 1.165) is 37.1 Å². The van der Waals surface area contributed by atoms with Gasteiger partial charge in [0.05, 0.1) is 17.4 Å². The van der Waals surface area contributed by atoms with Crippen LogP contribution in [0, 0.1) is 24.2 Å². The molecule has 17 heavy (non-hydrogen) atoms. The van der Waals surface area contributed by atoms with Gasteiger partial charge < -0.3 is 10.4 Å². The van der Waals surface area contributed by atoms with Crippen LogP contribution < -0.4 is 5.32 Å². The van der Waals surface area contributed by atoms with Crippen LogP contribution in [0.4, 0.5) is 5.69 Å². The highest BCUT2D eigenvalue weighted by atomic mass is 16.3. The highest BCUT2D eigenvalue weighted by molar-refractivity contribution is 5.58. The van der Waals surface area contributed by atoms with Crippen LogP contribution in [0.25, 0.3) is 0 Å². The van der Waals surface area contributed by atoms with E-state index in [1.165, 1.54) is 0 Å². The van der Waals surface area contributed by atoms with Gasteiger partial charge in [0.25, 0.3) is 0 Å². The van der Waals surface area contributed by atoms with Crippen LogP contribution in [0.5, 0.6) is 0 Å². The summed E-state index contributed by atoms with van der Waals surface area (Å²) >= 11 is 0. The molecule has 0 amide bonds. The summed E-state index contributed by atoms with van der Waals surface area (Å²) in [6, 6.07) is 8.01. The van der Waals surface area contributed by atoms with Gasteiger partial charge in [-0.2, -0.15) is 5.26 Å². The van der Waals surface area contributed by atoms with E-state index in [4.69, 9.17) is 5.26 Å². The van der Waals surface area contributed by atoms with Crippen LogP contribution in [-0.2, 0) is 0 Å². The van der Waals surface area contributed by atoms with Crippen molar-refractivity contribution in [2.75, 3.05) is 11.9 Å². The lowest BCUT2D eigenvalue weighted by Gasteiger charge is -2.16. The van der Waals surface area contributed by atoms with Gasteiger partial charge in [-0.05, 0) is 37.5 Å². The third-order valence-electron chi connectivity index (χ3n) is 3.47. The molecule has 1 aromatic carbocycles. The first kappa shape index (κ1) is 11.9. The maximum atomic E-state index is 9.73. The molecule has 2 rings (SSSR count). The molecule has 2 atom stereocenters. The van der Waals surface area contributed by atoms with Gasteiger partial charge in [-0.25, -0.2) is 0 Å². The van der Waals surface area contributed by atoms with Crippen molar-refractivity contribution in [2.24, 2.45) is 5.92 Å². The predicted molar refractivity (Wildman–Crippen MR) is 67.7 cm³/mol. The Morgan fingerprint density at radius 2 is 2.29 bits per heavy atom. The molecule has 1 aliphatic rings. The molecule has 0 bridgehead atoms. The molecule has 1 aliphatic carbocycles. The molecule has 2 N–H and O–H groups in total. The lowest BCUT2D eigenvalue weighted by molar-refractivity contribution is 0.138. The summed E-state index contributed by atoms with van der Waals surface area (Å²) in [5.74, 6) is 0.322. The monoisotopic (exact) mass is 230 g/mol. The largest absolute Gasteiger partial charge is 0.393 e. The number of aryl methyl sites for hydroxylation is 1. The Hall–Kier alpha value is -1.53. The Morgan fingerprint density at radius 3 is 2.94 bits per heavy atom. The van der Waals surface area contributed by atoms with Crippen molar-refractivity contribution in [2.45, 2.75) is 32.3 Å². The van der Waals surface area contributed by atoms with Gasteiger partial charge in [0.15, 0.2) is 0 Å². The molecule has 3 nitrogen and oxygen atoms in total. The SMILES string of the molecule is Cc1ccc(NCC2CCCC2O)c(C#N)c1. The van der Waals surface area contributed by atoms with Gasteiger partial charge in [-0.15, -0.1) is 0 Å². The average Bonchev–Trinajstić information content (AvgIpc) is 2.73. The number of hydrogen-bond donors (Lipinski definition) is 2. The number of anilines is 1. The minimum atomic E-state index is -0.182. The first-order valence-corrected chi connectivity index (χ1v) is 6.13. The topological polar surface area (TPSA) is 56.0 Å². The van der Waals surface area contributed by atoms with Crippen LogP contribution in [0.3, 0.4) is 0 Å². The molecule has 0 spiro atoms. The molecular weight excluding hydrogens is 212 g/mol. The Kier molecular flexibility index (Phi) is 3.65. The van der Waals surface area contributed by atoms with E-state index in [9.17, 15) is 5.11 Å². The van der Waals surface area contributed by atoms with Gasteiger partial charge in [-0.3, -0.25) is 0 Å². The molecule has 3 heteroatoms. The van der Waals surface area contributed by atoms with Crippen LogP contribution >= 0.6 is 0 Å². The standard InChI is InChI=1S/C14H18N2O/c1-10-5-6-13(12(7-10)8-15)16-9-11-3-2-4-14(11)17/h5-7,11,14,16-17H,2-4,9H2,1H3. The fourth-order valence-corrected chi connectivity index (χ4v) is 2.40. The quantitative estimate of drug-likeness (QED) is 0.838. The van der Waals surface area contributed by atoms with Crippen LogP contribution in [0.1, 0.15) is 30.4 Å². The lowest BCUT2D eigenvalue weighted by atomic mass is 10.1. The Morgan fingerprint density at radius 1 is 1.47 bits per heavy atom. The third-order valence-corrected chi connectivity index (χ3v) is 3.47. The Bertz CT molecular complexity index is 436. The molecule has 90 valence electrons. The van der Waals surface area contributed by atoms with Crippen molar-refractivity contribution >= 4 is 5.69 Å². The lowest BCUT2D eigenvalue weighted by Crippen LogP contribution is -2.22. The van der Waals surface area contributed by atoms with Crippen molar-refractivity contribution in [1.82, 2.24) is 0 Å². The maximum absolute atomic E-state index is 9.73. The van der Waals surface area contributed by atoms with Crippen LogP contribution in [-0.4, -0.2) is 17.8 Å². The smallest absolute Gasteiger partial charge is 0.101 e. The molecular formula is C14H18N2O. The second kappa shape index (κ2) is 5.20. The number of nitrogens with one attached hydrogen (secondary N) is 1. The summed E-state index contributed by atoms with van der Waals surface area (Å²) in [6.45, 7) is 2.73. The minimum Gasteiger partial charge on any atom is -0.393 e. The van der Waals surface area contributed by atoms with Crippen LogP contribution in [0.15, 0.2) is 18.2 Å². The normalized spacial score (nSPS) is 23.4. The van der Waals surface area contributed by atoms with Crippen LogP contribution in [0.2, 0.25) is 0 Å². The highest BCUT2D eigenvalue weighted by Gasteiger charge is 2.24. The average molecular weight is 230 g/mol. The Balaban J connectivity index is 2.01. The summed E-state index contributed by atoms with van der Waals surface area (Å²) in [5, 5.41) is 22.1. The third kappa shape index (κ3) is 2.78. The second-order valence-corrected chi connectivity index (χ2v) is 4.80. The van der Waals surface area contributed by atoms with E-state index in [1.807, 2.05) is 25.1 Å². The van der Waals surface area contributed by atoms with Gasteiger partial charge in [0, 0.05) is 12.5 Å². The van der Waals surface area contributed by atoms with Crippen molar-refractivity contribution in [3.63, 3.8) is 0 Å². The second-order valence-electron chi connectivity index (χ2n) is 4.80. The van der Waals surface area contributed by atoms with E-state index in [2.05, 4.69) is 11.4 Å². The summed E-state index contributed by atoms with van der Waals surface area (Å²) in [7, 11) is 0. The van der Waals surface area contributed by atoms with Crippen molar-refractivity contribution in [3.8, 4) is 6.07 Å². The van der Waals surface area contributed by atoms with Gasteiger partial charge in [-0.1, -0.05) is 12.5 Å². The van der Waals surface area contributed by atoms with Gasteiger partial charge in [0.2, 0.25) is 0 Å². The first-order valence-electron chi connectivity index (χ1n) is 6.13. The van der Waals surface area contributed by atoms with E-state index < -0.39 is 0 Å². The molecule has 2 unspecified atom stereocenters. The number of hydrogen-bond acceptors (Lipinski definition) is 3. The molecule has 0 heterocycles. The number of nitriles is 1. The maximum Gasteiger partial charge on any atom is 0.101 e. The van der Waals surface area contributed by atoms with E-state index in [-0.39, 0.29) is 6.10 Å². The number of aliphatic hydroxyl groups is 1. The zero-order chi connectivity index (χ0) is 12.3. The van der Waals surface area contributed by atoms with Gasteiger partial charge in [0.1, 0.15) is 6.07 Å². The number of benzene rings is 1. The van der Waals surface area contributed by atoms with Gasteiger partial charge >= 0.3 is 0 Å². The Labute approximate surface area is 102 Å². The fourth-order valence-electron chi connectivity index (χ4n) is 2.40. The number of aliphatic hydroxyl groups excluding tert-OH is 1. The molecule has 0 saturated heterocycles. The van der Waals surface area contributed by atoms with E-state index >= 15 is 0 Å². The number of rotatable bonds is 3. The predicted octanol–water partition coefficient (Wildman–Crippen LogP) is 2.44. The molecule has 1 saturated carbocycles. The minimum absolute atomic E-state index is 0.182. The highest BCUT2D eigenvalue weighted by Crippen LogP contribution is 2.26. The molecule has 0 radical (unpaired) electrons. The summed E-state index contributed by atoms with van der Waals surface area (Å²) < 4.78 is 0. The van der Waals surface area contributed by atoms with Crippen molar-refractivity contribution < 1.29 is 5.11 Å². The van der Waals surface area contributed by atoms with E-state index in [1.54, 1.807) is 0 Å². The molecule has 1 aromatic rings. The molecule has 0 aliphatic heterocycles. The summed E-state index contributed by atoms with van der Waals surface area (Å²) in [5.41, 5.74) is 2.64. The summed E-state index contributed by atoms with van der Waals surface area (Å²) in [6.07, 6.45) is 2.90. The fraction of sp³-hybridized carbons (Fsp3) is 0.500. The van der Waals surface area contributed by atoms with Crippen molar-refractivity contribution in [1.29, 1.82) is 5.26 Å². The first-order chi connectivity index (χ1) is 8.20. The number of nitrogens with zero attached hydrogens (tertiary/aromatic N) is 1. The summed E-state index contributed by atoms with van der Waals surface area (Å²) in [4.78, 5) is 0. The molecule has 0 aromatic heterocycles. The van der Waals surface area contributed by atoms with Crippen molar-refractivity contribution in [3.05, 3.63) is 29.3 Å².